The van der Waals surface area contributed by atoms with Crippen molar-refractivity contribution in [3.8, 4) is 0 Å². The molecule has 7 heteroatoms. The molecular formula is C20H21N3O3S. The summed E-state index contributed by atoms with van der Waals surface area (Å²) in [6.07, 6.45) is 1.09. The second kappa shape index (κ2) is 7.67. The van der Waals surface area contributed by atoms with Crippen molar-refractivity contribution < 1.29 is 13.2 Å². The van der Waals surface area contributed by atoms with Crippen LogP contribution in [0.3, 0.4) is 0 Å². The summed E-state index contributed by atoms with van der Waals surface area (Å²) in [4.78, 5) is 12.4. The topological polar surface area (TPSA) is 87.3 Å². The molecule has 3 rings (SSSR count). The highest BCUT2D eigenvalue weighted by molar-refractivity contribution is 7.92. The average molecular weight is 383 g/mol. The van der Waals surface area contributed by atoms with Crippen LogP contribution in [0.5, 0.6) is 0 Å². The predicted molar refractivity (Wildman–Crippen MR) is 109 cm³/mol. The molecule has 0 spiro atoms. The molecule has 0 saturated carbocycles. The third-order valence-corrected chi connectivity index (χ3v) is 4.67. The maximum Gasteiger partial charge on any atom is 0.319 e. The van der Waals surface area contributed by atoms with Crippen molar-refractivity contribution in [1.82, 2.24) is 5.32 Å². The van der Waals surface area contributed by atoms with Gasteiger partial charge in [0.05, 0.1) is 18.0 Å². The molecule has 0 aliphatic heterocycles. The van der Waals surface area contributed by atoms with Crippen LogP contribution in [0.4, 0.5) is 16.2 Å². The summed E-state index contributed by atoms with van der Waals surface area (Å²) in [6, 6.07) is 19.8. The van der Waals surface area contributed by atoms with Crippen LogP contribution in [-0.2, 0) is 10.0 Å². The molecule has 6 nitrogen and oxygen atoms in total. The molecule has 0 saturated heterocycles. The van der Waals surface area contributed by atoms with Gasteiger partial charge in [0.1, 0.15) is 0 Å². The number of benzene rings is 3. The van der Waals surface area contributed by atoms with Gasteiger partial charge in [0.25, 0.3) is 0 Å². The number of anilines is 2. The highest BCUT2D eigenvalue weighted by Crippen LogP contribution is 2.24. The van der Waals surface area contributed by atoms with Crippen LogP contribution in [0.25, 0.3) is 10.8 Å². The maximum absolute atomic E-state index is 12.4. The van der Waals surface area contributed by atoms with E-state index in [-0.39, 0.29) is 6.03 Å². The number of nitrogens with one attached hydrogen (secondary N) is 3. The molecule has 0 radical (unpaired) electrons. The zero-order valence-corrected chi connectivity index (χ0v) is 15.9. The van der Waals surface area contributed by atoms with Crippen molar-refractivity contribution in [3.05, 3.63) is 72.3 Å². The smallest absolute Gasteiger partial charge is 0.319 e. The van der Waals surface area contributed by atoms with Crippen LogP contribution in [-0.4, -0.2) is 20.7 Å². The molecule has 1 atom stereocenters. The maximum atomic E-state index is 12.4. The van der Waals surface area contributed by atoms with Crippen molar-refractivity contribution in [2.45, 2.75) is 13.0 Å². The fourth-order valence-electron chi connectivity index (χ4n) is 2.88. The van der Waals surface area contributed by atoms with E-state index in [4.69, 9.17) is 0 Å². The molecule has 27 heavy (non-hydrogen) atoms. The first-order valence-corrected chi connectivity index (χ1v) is 10.3. The van der Waals surface area contributed by atoms with Crippen molar-refractivity contribution in [1.29, 1.82) is 0 Å². The van der Waals surface area contributed by atoms with Gasteiger partial charge in [-0.3, -0.25) is 4.72 Å². The Morgan fingerprint density at radius 2 is 1.59 bits per heavy atom. The van der Waals surface area contributed by atoms with E-state index >= 15 is 0 Å². The largest absolute Gasteiger partial charge is 0.331 e. The van der Waals surface area contributed by atoms with Crippen LogP contribution >= 0.6 is 0 Å². The molecule has 0 fully saturated rings. The third kappa shape index (κ3) is 4.98. The normalized spacial score (nSPS) is 12.4. The minimum atomic E-state index is -3.41. The highest BCUT2D eigenvalue weighted by atomic mass is 32.2. The van der Waals surface area contributed by atoms with Crippen LogP contribution in [0, 0.1) is 0 Å². The molecule has 2 amide bonds. The van der Waals surface area contributed by atoms with Gasteiger partial charge in [0.15, 0.2) is 0 Å². The molecule has 3 aromatic carbocycles. The van der Waals surface area contributed by atoms with E-state index in [9.17, 15) is 13.2 Å². The molecule has 1 unspecified atom stereocenters. The van der Waals surface area contributed by atoms with Crippen molar-refractivity contribution in [3.63, 3.8) is 0 Å². The fraction of sp³-hybridized carbons (Fsp3) is 0.150. The number of fused-ring (bicyclic) bond motifs is 1. The Morgan fingerprint density at radius 3 is 2.33 bits per heavy atom. The lowest BCUT2D eigenvalue weighted by Gasteiger charge is -2.19. The first-order valence-electron chi connectivity index (χ1n) is 8.45. The predicted octanol–water partition coefficient (Wildman–Crippen LogP) is 4.09. The number of para-hydroxylation sites is 1. The summed E-state index contributed by atoms with van der Waals surface area (Å²) in [5, 5.41) is 7.78. The number of rotatable bonds is 5. The minimum Gasteiger partial charge on any atom is -0.331 e. The van der Waals surface area contributed by atoms with E-state index in [1.807, 2.05) is 42.5 Å². The number of hydrogen-bond acceptors (Lipinski definition) is 3. The van der Waals surface area contributed by atoms with Gasteiger partial charge >= 0.3 is 6.03 Å². The number of carbonyl (C=O) groups is 1. The Kier molecular flexibility index (Phi) is 5.32. The Hall–Kier alpha value is -3.06. The Balaban J connectivity index is 1.72. The average Bonchev–Trinajstić information content (AvgIpc) is 2.60. The van der Waals surface area contributed by atoms with E-state index in [2.05, 4.69) is 15.4 Å². The number of carbonyl (C=O) groups excluding carboxylic acids is 1. The van der Waals surface area contributed by atoms with Crippen LogP contribution in [0.15, 0.2) is 66.7 Å². The van der Waals surface area contributed by atoms with Crippen molar-refractivity contribution in [2.24, 2.45) is 0 Å². The lowest BCUT2D eigenvalue weighted by molar-refractivity contribution is 0.249. The van der Waals surface area contributed by atoms with E-state index in [0.717, 1.165) is 17.0 Å². The molecule has 0 heterocycles. The number of urea groups is 1. The number of sulfonamides is 1. The van der Waals surface area contributed by atoms with Gasteiger partial charge < -0.3 is 10.6 Å². The van der Waals surface area contributed by atoms with E-state index in [1.165, 1.54) is 0 Å². The zero-order valence-electron chi connectivity index (χ0n) is 15.1. The zero-order chi connectivity index (χ0) is 19.4. The quantitative estimate of drug-likeness (QED) is 0.620. The summed E-state index contributed by atoms with van der Waals surface area (Å²) in [5.74, 6) is 0. The molecule has 140 valence electrons. The molecule has 0 bridgehead atoms. The first-order chi connectivity index (χ1) is 12.8. The summed E-state index contributed by atoms with van der Waals surface area (Å²) in [7, 11) is -3.41. The fourth-order valence-corrected chi connectivity index (χ4v) is 3.46. The molecular weight excluding hydrogens is 362 g/mol. The van der Waals surface area contributed by atoms with E-state index < -0.39 is 16.1 Å². The van der Waals surface area contributed by atoms with Gasteiger partial charge in [0, 0.05) is 5.69 Å². The van der Waals surface area contributed by atoms with Crippen LogP contribution in [0.2, 0.25) is 0 Å². The van der Waals surface area contributed by atoms with Crippen LogP contribution < -0.4 is 15.4 Å². The monoisotopic (exact) mass is 383 g/mol. The van der Waals surface area contributed by atoms with E-state index in [0.29, 0.717) is 16.9 Å². The molecule has 0 aromatic heterocycles. The van der Waals surface area contributed by atoms with Crippen molar-refractivity contribution in [2.75, 3.05) is 16.3 Å². The Morgan fingerprint density at radius 1 is 0.926 bits per heavy atom. The van der Waals surface area contributed by atoms with Gasteiger partial charge in [-0.2, -0.15) is 0 Å². The second-order valence-electron chi connectivity index (χ2n) is 6.34. The lowest BCUT2D eigenvalue weighted by Crippen LogP contribution is -2.31. The Bertz CT molecular complexity index is 1080. The van der Waals surface area contributed by atoms with Crippen LogP contribution in [0.1, 0.15) is 18.5 Å². The van der Waals surface area contributed by atoms with Gasteiger partial charge in [0.2, 0.25) is 10.0 Å². The van der Waals surface area contributed by atoms with Gasteiger partial charge in [-0.05, 0) is 41.5 Å². The first kappa shape index (κ1) is 18.7. The second-order valence-corrected chi connectivity index (χ2v) is 8.09. The minimum absolute atomic E-state index is 0.369. The summed E-state index contributed by atoms with van der Waals surface area (Å²) in [6.45, 7) is 1.79. The standard InChI is InChI=1S/C20H21N3O3S/c1-14(18-9-5-6-10-19(18)23-27(2,25)26)21-20(24)22-17-12-11-15-7-3-4-8-16(15)13-17/h3-14,23H,1-2H3,(H2,21,22,24). The van der Waals surface area contributed by atoms with Gasteiger partial charge in [-0.15, -0.1) is 0 Å². The third-order valence-electron chi connectivity index (χ3n) is 4.08. The van der Waals surface area contributed by atoms with Crippen molar-refractivity contribution >= 4 is 38.2 Å². The molecule has 0 aliphatic carbocycles. The van der Waals surface area contributed by atoms with Gasteiger partial charge in [-0.1, -0.05) is 48.5 Å². The number of hydrogen-bond donors (Lipinski definition) is 3. The Labute approximate surface area is 158 Å². The van der Waals surface area contributed by atoms with E-state index in [1.54, 1.807) is 31.2 Å². The summed E-state index contributed by atoms with van der Waals surface area (Å²) in [5.41, 5.74) is 1.80. The SMILES string of the molecule is CC(NC(=O)Nc1ccc2ccccc2c1)c1ccccc1NS(C)(=O)=O. The molecule has 3 N–H and O–H groups in total. The molecule has 0 aliphatic rings. The number of amides is 2. The summed E-state index contributed by atoms with van der Waals surface area (Å²) >= 11 is 0. The van der Waals surface area contributed by atoms with Gasteiger partial charge in [-0.25, -0.2) is 13.2 Å². The lowest BCUT2D eigenvalue weighted by atomic mass is 10.1. The molecule has 3 aromatic rings. The summed E-state index contributed by atoms with van der Waals surface area (Å²) < 4.78 is 25.5. The highest BCUT2D eigenvalue weighted by Gasteiger charge is 2.15.